The Labute approximate surface area is 434 Å². The number of nitrogens with one attached hydrogen (secondary N) is 2. The highest BCUT2D eigenvalue weighted by molar-refractivity contribution is 5.96. The van der Waals surface area contributed by atoms with Crippen molar-refractivity contribution in [3.8, 4) is 11.8 Å². The van der Waals surface area contributed by atoms with Crippen LogP contribution in [0.4, 0.5) is 18.9 Å². The predicted octanol–water partition coefficient (Wildman–Crippen LogP) is 5.73. The van der Waals surface area contributed by atoms with Gasteiger partial charge in [0, 0.05) is 80.0 Å². The van der Waals surface area contributed by atoms with Gasteiger partial charge in [0.2, 0.25) is 11.6 Å². The molecule has 410 valence electrons. The van der Waals surface area contributed by atoms with Crippen LogP contribution in [-0.2, 0) is 51.1 Å². The summed E-state index contributed by atoms with van der Waals surface area (Å²) in [5, 5.41) is 16.3. The Balaban J connectivity index is 1.31. The number of aliphatic hydroxyl groups is 1. The van der Waals surface area contributed by atoms with E-state index < -0.39 is 65.2 Å². The number of carbonyl (C=O) groups is 4. The fraction of sp³-hybridized carbons (Fsp3) is 0.648. The number of amides is 3. The van der Waals surface area contributed by atoms with Crippen LogP contribution < -0.4 is 15.6 Å². The molecule has 3 N–H and O–H groups in total. The summed E-state index contributed by atoms with van der Waals surface area (Å²) in [6.07, 6.45) is -2.06. The minimum absolute atomic E-state index is 0.0596. The van der Waals surface area contributed by atoms with Crippen LogP contribution in [0.2, 0.25) is 0 Å². The second-order valence-corrected chi connectivity index (χ2v) is 21.3. The van der Waals surface area contributed by atoms with E-state index in [2.05, 4.69) is 39.1 Å². The maximum atomic E-state index is 14.7. The van der Waals surface area contributed by atoms with Gasteiger partial charge >= 0.3 is 12.1 Å². The first-order valence-corrected chi connectivity index (χ1v) is 25.5. The summed E-state index contributed by atoms with van der Waals surface area (Å²) < 4.78 is 68.4. The van der Waals surface area contributed by atoms with E-state index in [4.69, 9.17) is 18.9 Å². The van der Waals surface area contributed by atoms with Crippen LogP contribution in [0.15, 0.2) is 41.5 Å². The quantitative estimate of drug-likeness (QED) is 0.0600. The van der Waals surface area contributed by atoms with E-state index in [9.17, 15) is 37.5 Å². The molecule has 20 heteroatoms. The van der Waals surface area contributed by atoms with Crippen LogP contribution >= 0.6 is 0 Å². The molecule has 3 aliphatic rings. The Morgan fingerprint density at radius 2 is 1.77 bits per heavy atom. The standard InChI is InChI=1S/C54H79F3N8O9/c1-14-39(46(58-16-3)36(6)71-13)47-41(40-28-37(62-24-26-72-27-25-62)18-19-44(40)64(47)33-54(55,56)57)29-51(7,8)34-74-50(69)53(70)21-17-23-65(60-53)49(68)43(15-2)59-48(67)42(35(4)5)32-73-38-30-63(31-38)45(66)20-22-52(9,10)61(11)12/h14,16,18-19,28,35-36,38,42-43,60,70H,1,15,17,21,23-27,29-34H2,2-13H3,(H,59,67)/b46-39+,58-16?/t36-,42-,43-,53?/m0/s1. The Bertz CT molecular complexity index is 2460. The van der Waals surface area contributed by atoms with Crippen molar-refractivity contribution in [3.05, 3.63) is 47.8 Å². The molecule has 4 atom stereocenters. The number of anilines is 1. The maximum Gasteiger partial charge on any atom is 0.406 e. The fourth-order valence-corrected chi connectivity index (χ4v) is 9.00. The van der Waals surface area contributed by atoms with Crippen molar-refractivity contribution in [2.45, 2.75) is 130 Å². The third kappa shape index (κ3) is 14.8. The lowest BCUT2D eigenvalue weighted by Crippen LogP contribution is -2.67. The number of halogens is 3. The van der Waals surface area contributed by atoms with Gasteiger partial charge in [-0.25, -0.2) is 4.79 Å². The number of morpholine rings is 1. The smallest absolute Gasteiger partial charge is 0.406 e. The molecule has 74 heavy (non-hydrogen) atoms. The van der Waals surface area contributed by atoms with E-state index in [-0.39, 0.29) is 69.1 Å². The largest absolute Gasteiger partial charge is 0.462 e. The van der Waals surface area contributed by atoms with Gasteiger partial charge in [-0.05, 0) is 96.7 Å². The summed E-state index contributed by atoms with van der Waals surface area (Å²) in [6, 6.07) is 4.37. The number of esters is 1. The van der Waals surface area contributed by atoms with Crippen LogP contribution in [0.1, 0.15) is 92.8 Å². The van der Waals surface area contributed by atoms with E-state index in [1.807, 2.05) is 72.7 Å². The average molecular weight is 1040 g/mol. The Morgan fingerprint density at radius 3 is 2.35 bits per heavy atom. The molecule has 0 bridgehead atoms. The second kappa shape index (κ2) is 25.0. The summed E-state index contributed by atoms with van der Waals surface area (Å²) in [4.78, 5) is 64.6. The number of benzene rings is 1. The minimum atomic E-state index is -4.62. The first-order chi connectivity index (χ1) is 34.7. The Hall–Kier alpha value is -5.30. The zero-order valence-corrected chi connectivity index (χ0v) is 45.4. The highest BCUT2D eigenvalue weighted by Crippen LogP contribution is 2.41. The van der Waals surface area contributed by atoms with Crippen molar-refractivity contribution < 1.29 is 56.4 Å². The number of methoxy groups -OCH3 is 1. The number of likely N-dealkylation sites (tertiary alicyclic amines) is 1. The predicted molar refractivity (Wildman–Crippen MR) is 279 cm³/mol. The van der Waals surface area contributed by atoms with E-state index in [0.717, 1.165) is 10.7 Å². The fourth-order valence-electron chi connectivity index (χ4n) is 9.00. The molecule has 3 aliphatic heterocycles. The van der Waals surface area contributed by atoms with E-state index >= 15 is 0 Å². The average Bonchev–Trinajstić information content (AvgIpc) is 3.60. The molecule has 3 amide bonds. The third-order valence-electron chi connectivity index (χ3n) is 14.1. The first-order valence-electron chi connectivity index (χ1n) is 25.5. The topological polar surface area (TPSA) is 180 Å². The monoisotopic (exact) mass is 1040 g/mol. The number of hydrogen-bond donors (Lipinski definition) is 3. The number of alkyl halides is 3. The van der Waals surface area contributed by atoms with E-state index in [1.54, 1.807) is 38.0 Å². The molecule has 0 aliphatic carbocycles. The maximum absolute atomic E-state index is 14.7. The number of hydrazine groups is 1. The summed E-state index contributed by atoms with van der Waals surface area (Å²) >= 11 is 0. The molecular formula is C54H79F3N8O9. The molecule has 0 saturated carbocycles. The van der Waals surface area contributed by atoms with Crippen molar-refractivity contribution in [1.82, 2.24) is 30.1 Å². The van der Waals surface area contributed by atoms with Gasteiger partial charge in [0.15, 0.2) is 0 Å². The molecule has 1 aromatic carbocycles. The molecule has 1 unspecified atom stereocenters. The van der Waals surface area contributed by atoms with Gasteiger partial charge in [0.05, 0.1) is 61.5 Å². The number of carbonyl (C=O) groups excluding carboxylic acids is 4. The lowest BCUT2D eigenvalue weighted by Gasteiger charge is -2.40. The second-order valence-electron chi connectivity index (χ2n) is 21.3. The van der Waals surface area contributed by atoms with Gasteiger partial charge < -0.3 is 43.7 Å². The number of rotatable bonds is 21. The SMILES string of the molecule is C=C/C(=C(\N=CC)[C@H](C)OC)c1c(CC(C)(C)COC(=O)C2(O)CCCN(C(=O)[C@H](CC)NC(=O)[C@@H](COC3CN(C(=O)C#CC(C)(C)N(C)C)C3)C(C)C)N2)c2cc(N3CCOCC3)ccc2n1CC(F)(F)F. The molecule has 17 nitrogen and oxygen atoms in total. The molecule has 0 radical (unpaired) electrons. The van der Waals surface area contributed by atoms with Gasteiger partial charge in [-0.3, -0.25) is 29.3 Å². The zero-order valence-electron chi connectivity index (χ0n) is 45.4. The van der Waals surface area contributed by atoms with Gasteiger partial charge in [0.1, 0.15) is 12.6 Å². The highest BCUT2D eigenvalue weighted by Gasteiger charge is 2.45. The van der Waals surface area contributed by atoms with Crippen molar-refractivity contribution in [3.63, 3.8) is 0 Å². The van der Waals surface area contributed by atoms with Crippen LogP contribution in [-0.4, -0.2) is 170 Å². The lowest BCUT2D eigenvalue weighted by molar-refractivity contribution is -0.189. The van der Waals surface area contributed by atoms with Gasteiger partial charge in [-0.15, -0.1) is 0 Å². The minimum Gasteiger partial charge on any atom is -0.462 e. The Morgan fingerprint density at radius 1 is 1.09 bits per heavy atom. The van der Waals surface area contributed by atoms with E-state index in [1.165, 1.54) is 17.8 Å². The highest BCUT2D eigenvalue weighted by atomic mass is 19.4. The number of fused-ring (bicyclic) bond motifs is 1. The number of aromatic nitrogens is 1. The number of ether oxygens (including phenoxy) is 4. The molecule has 0 spiro atoms. The molecular weight excluding hydrogens is 962 g/mol. The number of nitrogens with zero attached hydrogens (tertiary/aromatic N) is 6. The molecule has 3 saturated heterocycles. The van der Waals surface area contributed by atoms with Crippen LogP contribution in [0.3, 0.4) is 0 Å². The van der Waals surface area contributed by atoms with Crippen LogP contribution in [0, 0.1) is 29.1 Å². The summed E-state index contributed by atoms with van der Waals surface area (Å²) in [5.74, 6) is 2.61. The number of hydrogen-bond acceptors (Lipinski definition) is 13. The van der Waals surface area contributed by atoms with Crippen molar-refractivity contribution >= 4 is 52.1 Å². The van der Waals surface area contributed by atoms with Crippen molar-refractivity contribution in [1.29, 1.82) is 0 Å². The summed E-state index contributed by atoms with van der Waals surface area (Å²) in [6.45, 7) is 21.9. The molecule has 3 fully saturated rings. The number of aliphatic imine (C=N–C) groups is 1. The van der Waals surface area contributed by atoms with E-state index in [0.29, 0.717) is 67.1 Å². The zero-order chi connectivity index (χ0) is 54.9. The van der Waals surface area contributed by atoms with Gasteiger partial charge in [0.25, 0.3) is 11.8 Å². The lowest BCUT2D eigenvalue weighted by atomic mass is 9.84. The van der Waals surface area contributed by atoms with Crippen molar-refractivity contribution in [2.24, 2.45) is 22.2 Å². The Kier molecular flexibility index (Phi) is 20.1. The molecule has 1 aromatic heterocycles. The normalized spacial score (nSPS) is 19.7. The molecule has 4 heterocycles. The van der Waals surface area contributed by atoms with Gasteiger partial charge in [-0.2, -0.15) is 18.6 Å². The first kappa shape index (κ1) is 59.6. The van der Waals surface area contributed by atoms with Crippen LogP contribution in [0.25, 0.3) is 16.5 Å². The van der Waals surface area contributed by atoms with Crippen LogP contribution in [0.5, 0.6) is 0 Å². The molecule has 5 rings (SSSR count). The summed E-state index contributed by atoms with van der Waals surface area (Å²) in [7, 11) is 5.27. The van der Waals surface area contributed by atoms with Crippen molar-refractivity contribution in [2.75, 3.05) is 85.3 Å². The summed E-state index contributed by atoms with van der Waals surface area (Å²) in [5.41, 5.74) is 1.58. The molecule has 2 aromatic rings. The third-order valence-corrected chi connectivity index (χ3v) is 14.1. The number of allylic oxidation sites excluding steroid dienone is 2. The van der Waals surface area contributed by atoms with Gasteiger partial charge in [-0.1, -0.05) is 53.2 Å².